The quantitative estimate of drug-likeness (QED) is 0.617. The molecule has 0 atom stereocenters. The fourth-order valence-corrected chi connectivity index (χ4v) is 2.24. The van der Waals surface area contributed by atoms with Gasteiger partial charge < -0.3 is 5.32 Å². The van der Waals surface area contributed by atoms with Crippen LogP contribution in [0.5, 0.6) is 0 Å². The van der Waals surface area contributed by atoms with E-state index in [0.717, 1.165) is 24.6 Å². The van der Waals surface area contributed by atoms with Gasteiger partial charge in [0.25, 0.3) is 0 Å². The van der Waals surface area contributed by atoms with Gasteiger partial charge in [0, 0.05) is 6.54 Å². The average molecular weight is 286 g/mol. The predicted octanol–water partition coefficient (Wildman–Crippen LogP) is 5.18. The highest BCUT2D eigenvalue weighted by molar-refractivity contribution is 6.30. The summed E-state index contributed by atoms with van der Waals surface area (Å²) in [6.07, 6.45) is 6.48. The molecule has 0 radical (unpaired) electrons. The Kier molecular flexibility index (Phi) is 8.08. The van der Waals surface area contributed by atoms with E-state index in [4.69, 9.17) is 11.6 Å². The minimum atomic E-state index is -0.351. The molecule has 0 unspecified atom stereocenters. The van der Waals surface area contributed by atoms with Gasteiger partial charge in [-0.1, -0.05) is 57.2 Å². The SMILES string of the molecule is CC(C)CCCCCCNCc1ccc(F)c(Cl)c1. The Morgan fingerprint density at radius 3 is 2.58 bits per heavy atom. The zero-order valence-corrected chi connectivity index (χ0v) is 12.8. The maximum absolute atomic E-state index is 13.0. The molecular weight excluding hydrogens is 261 g/mol. The summed E-state index contributed by atoms with van der Waals surface area (Å²) in [5.74, 6) is 0.469. The van der Waals surface area contributed by atoms with Crippen molar-refractivity contribution in [3.05, 3.63) is 34.6 Å². The number of halogens is 2. The summed E-state index contributed by atoms with van der Waals surface area (Å²) in [6, 6.07) is 4.88. The zero-order chi connectivity index (χ0) is 14.1. The highest BCUT2D eigenvalue weighted by Gasteiger charge is 2.00. The van der Waals surface area contributed by atoms with E-state index in [9.17, 15) is 4.39 Å². The standard InChI is InChI=1S/C16H25ClFN/c1-13(2)7-5-3-4-6-10-19-12-14-8-9-16(18)15(17)11-14/h8-9,11,13,19H,3-7,10,12H2,1-2H3. The first kappa shape index (κ1) is 16.5. The Morgan fingerprint density at radius 2 is 1.89 bits per heavy atom. The second-order valence-electron chi connectivity index (χ2n) is 5.52. The first-order valence-electron chi connectivity index (χ1n) is 7.24. The van der Waals surface area contributed by atoms with Crippen LogP contribution < -0.4 is 5.32 Å². The van der Waals surface area contributed by atoms with Gasteiger partial charge in [0.2, 0.25) is 0 Å². The van der Waals surface area contributed by atoms with Crippen molar-refractivity contribution in [2.75, 3.05) is 6.54 Å². The normalized spacial score (nSPS) is 11.2. The Labute approximate surface area is 121 Å². The molecule has 1 aromatic carbocycles. The van der Waals surface area contributed by atoms with Crippen LogP contribution in [0.4, 0.5) is 4.39 Å². The van der Waals surface area contributed by atoms with Crippen molar-refractivity contribution in [3.63, 3.8) is 0 Å². The lowest BCUT2D eigenvalue weighted by atomic mass is 10.0. The molecule has 0 aliphatic carbocycles. The second-order valence-corrected chi connectivity index (χ2v) is 5.93. The Balaban J connectivity index is 2.03. The van der Waals surface area contributed by atoms with E-state index in [-0.39, 0.29) is 10.8 Å². The molecule has 1 rings (SSSR count). The van der Waals surface area contributed by atoms with Crippen molar-refractivity contribution < 1.29 is 4.39 Å². The predicted molar refractivity (Wildman–Crippen MR) is 81.0 cm³/mol. The molecule has 0 saturated carbocycles. The maximum atomic E-state index is 13.0. The number of nitrogens with one attached hydrogen (secondary N) is 1. The summed E-state index contributed by atoms with van der Waals surface area (Å²) in [4.78, 5) is 0. The minimum Gasteiger partial charge on any atom is -0.313 e. The molecule has 0 saturated heterocycles. The third-order valence-corrected chi connectivity index (χ3v) is 3.49. The molecule has 1 N–H and O–H groups in total. The smallest absolute Gasteiger partial charge is 0.141 e. The summed E-state index contributed by atoms with van der Waals surface area (Å²) in [7, 11) is 0. The fourth-order valence-electron chi connectivity index (χ4n) is 2.04. The van der Waals surface area contributed by atoms with Crippen LogP contribution in [0.3, 0.4) is 0 Å². The number of unbranched alkanes of at least 4 members (excludes halogenated alkanes) is 3. The van der Waals surface area contributed by atoms with Crippen molar-refractivity contribution in [3.8, 4) is 0 Å². The van der Waals surface area contributed by atoms with Gasteiger partial charge in [-0.2, -0.15) is 0 Å². The van der Waals surface area contributed by atoms with Gasteiger partial charge in [-0.25, -0.2) is 4.39 Å². The molecule has 0 spiro atoms. The fraction of sp³-hybridized carbons (Fsp3) is 0.625. The van der Waals surface area contributed by atoms with Gasteiger partial charge >= 0.3 is 0 Å². The number of benzene rings is 1. The van der Waals surface area contributed by atoms with E-state index in [1.54, 1.807) is 12.1 Å². The third-order valence-electron chi connectivity index (χ3n) is 3.20. The minimum absolute atomic E-state index is 0.202. The summed E-state index contributed by atoms with van der Waals surface area (Å²) in [6.45, 7) is 6.31. The number of hydrogen-bond donors (Lipinski definition) is 1. The Bertz CT molecular complexity index is 366. The van der Waals surface area contributed by atoms with Gasteiger partial charge in [0.15, 0.2) is 0 Å². The topological polar surface area (TPSA) is 12.0 Å². The molecule has 19 heavy (non-hydrogen) atoms. The van der Waals surface area contributed by atoms with Crippen molar-refractivity contribution in [1.82, 2.24) is 5.32 Å². The summed E-state index contributed by atoms with van der Waals surface area (Å²) >= 11 is 5.73. The molecule has 0 aliphatic rings. The molecule has 0 aliphatic heterocycles. The van der Waals surface area contributed by atoms with Crippen LogP contribution in [-0.2, 0) is 6.54 Å². The highest BCUT2D eigenvalue weighted by atomic mass is 35.5. The first-order chi connectivity index (χ1) is 9.09. The lowest BCUT2D eigenvalue weighted by Gasteiger charge is -2.06. The maximum Gasteiger partial charge on any atom is 0.141 e. The van der Waals surface area contributed by atoms with E-state index in [1.165, 1.54) is 38.2 Å². The number of hydrogen-bond acceptors (Lipinski definition) is 1. The van der Waals surface area contributed by atoms with E-state index < -0.39 is 0 Å². The Hall–Kier alpha value is -0.600. The van der Waals surface area contributed by atoms with Crippen LogP contribution in [0.1, 0.15) is 51.5 Å². The van der Waals surface area contributed by atoms with Gasteiger partial charge in [-0.15, -0.1) is 0 Å². The first-order valence-corrected chi connectivity index (χ1v) is 7.62. The molecule has 0 aromatic heterocycles. The van der Waals surface area contributed by atoms with Crippen molar-refractivity contribution >= 4 is 11.6 Å². The molecule has 3 heteroatoms. The van der Waals surface area contributed by atoms with Crippen molar-refractivity contribution in [2.24, 2.45) is 5.92 Å². The highest BCUT2D eigenvalue weighted by Crippen LogP contribution is 2.15. The van der Waals surface area contributed by atoms with Crippen LogP contribution in [0.25, 0.3) is 0 Å². The molecular formula is C16H25ClFN. The van der Waals surface area contributed by atoms with Crippen molar-refractivity contribution in [2.45, 2.75) is 52.5 Å². The molecule has 1 aromatic rings. The summed E-state index contributed by atoms with van der Waals surface area (Å²) in [5, 5.41) is 3.57. The molecule has 0 amide bonds. The van der Waals surface area contributed by atoms with Crippen LogP contribution in [0, 0.1) is 11.7 Å². The molecule has 1 nitrogen and oxygen atoms in total. The van der Waals surface area contributed by atoms with Gasteiger partial charge in [-0.05, 0) is 36.6 Å². The number of rotatable bonds is 9. The van der Waals surface area contributed by atoms with E-state index in [0.29, 0.717) is 0 Å². The summed E-state index contributed by atoms with van der Waals surface area (Å²) in [5.41, 5.74) is 1.03. The van der Waals surface area contributed by atoms with E-state index in [1.807, 2.05) is 0 Å². The third kappa shape index (κ3) is 7.54. The molecule has 0 heterocycles. The average Bonchev–Trinajstić information content (AvgIpc) is 2.36. The van der Waals surface area contributed by atoms with Gasteiger partial charge in [-0.3, -0.25) is 0 Å². The summed E-state index contributed by atoms with van der Waals surface area (Å²) < 4.78 is 13.0. The van der Waals surface area contributed by atoms with Crippen molar-refractivity contribution in [1.29, 1.82) is 0 Å². The molecule has 0 bridgehead atoms. The monoisotopic (exact) mass is 285 g/mol. The van der Waals surface area contributed by atoms with Crippen LogP contribution in [0.2, 0.25) is 5.02 Å². The van der Waals surface area contributed by atoms with E-state index in [2.05, 4.69) is 19.2 Å². The van der Waals surface area contributed by atoms with Crippen LogP contribution >= 0.6 is 11.6 Å². The zero-order valence-electron chi connectivity index (χ0n) is 12.0. The Morgan fingerprint density at radius 1 is 1.16 bits per heavy atom. The lowest BCUT2D eigenvalue weighted by Crippen LogP contribution is -2.14. The van der Waals surface area contributed by atoms with Crippen LogP contribution in [0.15, 0.2) is 18.2 Å². The van der Waals surface area contributed by atoms with Crippen LogP contribution in [-0.4, -0.2) is 6.54 Å². The van der Waals surface area contributed by atoms with E-state index >= 15 is 0 Å². The van der Waals surface area contributed by atoms with Gasteiger partial charge in [0.05, 0.1) is 5.02 Å². The lowest BCUT2D eigenvalue weighted by molar-refractivity contribution is 0.512. The molecule has 0 fully saturated rings. The second kappa shape index (κ2) is 9.33. The molecule has 108 valence electrons. The van der Waals surface area contributed by atoms with Gasteiger partial charge in [0.1, 0.15) is 5.82 Å². The largest absolute Gasteiger partial charge is 0.313 e.